The Morgan fingerprint density at radius 1 is 1.13 bits per heavy atom. The van der Waals surface area contributed by atoms with Gasteiger partial charge in [0.15, 0.2) is 0 Å². The molecular weight excluding hydrogens is 188 g/mol. The van der Waals surface area contributed by atoms with Gasteiger partial charge in [-0.25, -0.2) is 0 Å². The van der Waals surface area contributed by atoms with E-state index in [1.807, 2.05) is 19.1 Å². The number of anilines is 1. The molecule has 0 aliphatic heterocycles. The van der Waals surface area contributed by atoms with Gasteiger partial charge in [0.2, 0.25) is 0 Å². The van der Waals surface area contributed by atoms with Gasteiger partial charge in [-0.3, -0.25) is 4.79 Å². The molecule has 0 fully saturated rings. The average molecular weight is 206 g/mol. The average Bonchev–Trinajstić information content (AvgIpc) is 2.35. The first kappa shape index (κ1) is 11.7. The van der Waals surface area contributed by atoms with Crippen molar-refractivity contribution in [1.82, 2.24) is 4.98 Å². The third-order valence-electron chi connectivity index (χ3n) is 2.54. The Morgan fingerprint density at radius 2 is 1.67 bits per heavy atom. The predicted molar refractivity (Wildman–Crippen MR) is 63.5 cm³/mol. The third kappa shape index (κ3) is 2.55. The fourth-order valence-corrected chi connectivity index (χ4v) is 1.51. The Hall–Kier alpha value is -1.38. The summed E-state index contributed by atoms with van der Waals surface area (Å²) in [6, 6.07) is 3.79. The molecule has 1 rings (SSSR count). The van der Waals surface area contributed by atoms with Crippen LogP contribution in [0.3, 0.4) is 0 Å². The van der Waals surface area contributed by atoms with Gasteiger partial charge >= 0.3 is 0 Å². The molecule has 0 saturated heterocycles. The number of nitrogens with zero attached hydrogens (tertiary/aromatic N) is 2. The molecule has 15 heavy (non-hydrogen) atoms. The van der Waals surface area contributed by atoms with Crippen molar-refractivity contribution in [2.24, 2.45) is 0 Å². The van der Waals surface area contributed by atoms with Crippen LogP contribution in [0.25, 0.3) is 0 Å². The minimum absolute atomic E-state index is 0.134. The second kappa shape index (κ2) is 4.91. The van der Waals surface area contributed by atoms with Crippen molar-refractivity contribution in [2.75, 3.05) is 18.0 Å². The largest absolute Gasteiger partial charge is 0.357 e. The maximum Gasteiger partial charge on any atom is 0.274 e. The van der Waals surface area contributed by atoms with Crippen molar-refractivity contribution in [3.63, 3.8) is 0 Å². The molecule has 0 N–H and O–H groups in total. The van der Waals surface area contributed by atoms with E-state index in [1.54, 1.807) is 6.92 Å². The highest BCUT2D eigenvalue weighted by Crippen LogP contribution is 2.13. The van der Waals surface area contributed by atoms with Crippen LogP contribution in [0.1, 0.15) is 25.0 Å². The topological polar surface area (TPSA) is 33.2 Å². The van der Waals surface area contributed by atoms with Crippen LogP contribution in [0.5, 0.6) is 0 Å². The van der Waals surface area contributed by atoms with Crippen LogP contribution in [0.2, 0.25) is 0 Å². The fraction of sp³-hybridized carbons (Fsp3) is 0.500. The summed E-state index contributed by atoms with van der Waals surface area (Å²) < 4.78 is 0. The summed E-state index contributed by atoms with van der Waals surface area (Å²) in [7, 11) is 0. The lowest BCUT2D eigenvalue weighted by molar-refractivity contribution is 0.839. The molecule has 1 heterocycles. The molecule has 1 aromatic rings. The second-order valence-electron chi connectivity index (χ2n) is 3.61. The lowest BCUT2D eigenvalue weighted by atomic mass is 10.3. The molecule has 0 saturated carbocycles. The van der Waals surface area contributed by atoms with Crippen LogP contribution in [-0.4, -0.2) is 18.1 Å². The predicted octanol–water partition coefficient (Wildman–Crippen LogP) is 1.90. The number of rotatable bonds is 3. The van der Waals surface area contributed by atoms with Crippen LogP contribution in [-0.2, 0) is 0 Å². The van der Waals surface area contributed by atoms with Gasteiger partial charge in [0.25, 0.3) is 5.56 Å². The Labute approximate surface area is 90.8 Å². The van der Waals surface area contributed by atoms with E-state index in [4.69, 9.17) is 0 Å². The first-order valence-corrected chi connectivity index (χ1v) is 5.33. The van der Waals surface area contributed by atoms with Gasteiger partial charge < -0.3 is 4.90 Å². The van der Waals surface area contributed by atoms with E-state index >= 15 is 0 Å². The van der Waals surface area contributed by atoms with Crippen molar-refractivity contribution >= 4 is 5.82 Å². The third-order valence-corrected chi connectivity index (χ3v) is 2.54. The molecule has 3 nitrogen and oxygen atoms in total. The van der Waals surface area contributed by atoms with Gasteiger partial charge in [0.05, 0.1) is 0 Å². The summed E-state index contributed by atoms with van der Waals surface area (Å²) in [5, 5.41) is 0. The summed E-state index contributed by atoms with van der Waals surface area (Å²) in [6.45, 7) is 9.64. The monoisotopic (exact) mass is 206 g/mol. The summed E-state index contributed by atoms with van der Waals surface area (Å²) >= 11 is 0. The molecule has 0 aromatic carbocycles. The minimum Gasteiger partial charge on any atom is -0.357 e. The quantitative estimate of drug-likeness (QED) is 0.757. The van der Waals surface area contributed by atoms with Crippen LogP contribution in [0.4, 0.5) is 5.82 Å². The summed E-state index contributed by atoms with van der Waals surface area (Å²) in [4.78, 5) is 17.8. The van der Waals surface area contributed by atoms with Crippen LogP contribution in [0.15, 0.2) is 16.9 Å². The van der Waals surface area contributed by atoms with Crippen LogP contribution < -0.4 is 10.5 Å². The number of hydrogen-bond acceptors (Lipinski definition) is 3. The highest BCUT2D eigenvalue weighted by Gasteiger charge is 2.07. The molecule has 0 radical (unpaired) electrons. The molecule has 0 atom stereocenters. The fourth-order valence-electron chi connectivity index (χ4n) is 1.51. The highest BCUT2D eigenvalue weighted by atomic mass is 16.1. The Bertz CT molecular complexity index is 397. The van der Waals surface area contributed by atoms with Crippen LogP contribution in [0, 0.1) is 13.8 Å². The van der Waals surface area contributed by atoms with E-state index in [0.717, 1.165) is 24.5 Å². The van der Waals surface area contributed by atoms with Gasteiger partial charge in [-0.2, -0.15) is 4.98 Å². The first-order valence-electron chi connectivity index (χ1n) is 5.33. The molecule has 0 bridgehead atoms. The van der Waals surface area contributed by atoms with Crippen molar-refractivity contribution in [3.05, 3.63) is 33.6 Å². The van der Waals surface area contributed by atoms with E-state index in [-0.39, 0.29) is 5.56 Å². The van der Waals surface area contributed by atoms with Crippen molar-refractivity contribution < 1.29 is 0 Å². The summed E-state index contributed by atoms with van der Waals surface area (Å²) in [5.41, 5.74) is 1.60. The highest BCUT2D eigenvalue weighted by molar-refractivity contribution is 5.45. The summed E-state index contributed by atoms with van der Waals surface area (Å²) in [5.74, 6) is 0.804. The zero-order valence-electron chi connectivity index (χ0n) is 9.87. The summed E-state index contributed by atoms with van der Waals surface area (Å²) in [6.07, 6.45) is 0. The molecule has 3 heteroatoms. The normalized spacial score (nSPS) is 10.1. The van der Waals surface area contributed by atoms with Gasteiger partial charge in [0, 0.05) is 18.7 Å². The van der Waals surface area contributed by atoms with Crippen molar-refractivity contribution in [2.45, 2.75) is 27.7 Å². The molecule has 0 aliphatic carbocycles. The zero-order chi connectivity index (χ0) is 11.4. The lowest BCUT2D eigenvalue weighted by Crippen LogP contribution is -2.25. The smallest absolute Gasteiger partial charge is 0.274 e. The number of hydrogen-bond donors (Lipinski definition) is 0. The standard InChI is InChI=1S/C12H18N2O/c1-5-14(6-2)11-9(3)7-8-10(4)12(15)13-11/h7-8H,5-6H2,1-4H3. The molecule has 82 valence electrons. The van der Waals surface area contributed by atoms with Gasteiger partial charge in [-0.15, -0.1) is 0 Å². The molecular formula is C12H18N2O. The Kier molecular flexibility index (Phi) is 3.83. The van der Waals surface area contributed by atoms with Crippen LogP contribution >= 0.6 is 0 Å². The van der Waals surface area contributed by atoms with E-state index in [0.29, 0.717) is 5.56 Å². The van der Waals surface area contributed by atoms with E-state index in [1.165, 1.54) is 0 Å². The SMILES string of the molecule is CCN(CC)c1nc(=O)c(C)ccc1C. The molecule has 0 spiro atoms. The molecule has 0 aliphatic rings. The first-order chi connectivity index (χ1) is 7.10. The maximum atomic E-state index is 11.6. The Morgan fingerprint density at radius 3 is 2.20 bits per heavy atom. The van der Waals surface area contributed by atoms with Crippen molar-refractivity contribution in [1.29, 1.82) is 0 Å². The van der Waals surface area contributed by atoms with E-state index in [9.17, 15) is 4.79 Å². The van der Waals surface area contributed by atoms with Gasteiger partial charge in [-0.05, 0) is 33.3 Å². The second-order valence-corrected chi connectivity index (χ2v) is 3.61. The molecule has 0 amide bonds. The van der Waals surface area contributed by atoms with E-state index < -0.39 is 0 Å². The lowest BCUT2D eigenvalue weighted by Gasteiger charge is -2.19. The minimum atomic E-state index is -0.134. The van der Waals surface area contributed by atoms with Gasteiger partial charge in [-0.1, -0.05) is 12.1 Å². The van der Waals surface area contributed by atoms with Crippen molar-refractivity contribution in [3.8, 4) is 0 Å². The number of aryl methyl sites for hydroxylation is 2. The number of aromatic nitrogens is 1. The van der Waals surface area contributed by atoms with E-state index in [2.05, 4.69) is 23.7 Å². The Balaban J connectivity index is 3.36. The maximum absolute atomic E-state index is 11.6. The zero-order valence-corrected chi connectivity index (χ0v) is 9.87. The molecule has 1 aromatic heterocycles. The molecule has 0 unspecified atom stereocenters. The van der Waals surface area contributed by atoms with Gasteiger partial charge in [0.1, 0.15) is 5.82 Å².